The largest absolute Gasteiger partial charge is 0.496 e. The first-order valence-electron chi connectivity index (χ1n) is 10.2. The van der Waals surface area contributed by atoms with E-state index in [1.54, 1.807) is 17.4 Å². The van der Waals surface area contributed by atoms with E-state index in [1.165, 1.54) is 36.5 Å². The first-order valence-corrected chi connectivity index (χ1v) is 11.0. The van der Waals surface area contributed by atoms with Crippen molar-refractivity contribution < 1.29 is 34.3 Å². The summed E-state index contributed by atoms with van der Waals surface area (Å²) in [5.74, 6) is -0.252. The van der Waals surface area contributed by atoms with Crippen LogP contribution in [0.4, 0.5) is 4.39 Å². The fraction of sp³-hybridized carbons (Fsp3) is 0.545. The number of ether oxygens (including phenoxy) is 2. The molecule has 0 bridgehead atoms. The first kappa shape index (κ1) is 21.7. The number of aryl methyl sites for hydroxylation is 2. The predicted molar refractivity (Wildman–Crippen MR) is 109 cm³/mol. The molecule has 164 valence electrons. The Morgan fingerprint density at radius 3 is 2.57 bits per heavy atom. The van der Waals surface area contributed by atoms with Crippen LogP contribution in [0.3, 0.4) is 0 Å². The molecule has 2 aromatic rings. The van der Waals surface area contributed by atoms with E-state index in [0.29, 0.717) is 17.5 Å². The lowest BCUT2D eigenvalue weighted by atomic mass is 9.89. The molecule has 2 heterocycles. The minimum atomic E-state index is -1.51. The lowest BCUT2D eigenvalue weighted by Crippen LogP contribution is -2.55. The molecule has 1 aromatic carbocycles. The number of methoxy groups -OCH3 is 1. The SMILES string of the molecule is COc1cc(F)c(Cc2cc3c(s2)CCCC3)cc1[C@@H]1O[C@H](CO)[C@@H](O)[C@H](O)[C@H]1O. The van der Waals surface area contributed by atoms with Crippen LogP contribution in [0, 0.1) is 5.82 Å². The van der Waals surface area contributed by atoms with Gasteiger partial charge in [0.15, 0.2) is 0 Å². The highest BCUT2D eigenvalue weighted by Crippen LogP contribution is 2.39. The molecule has 1 aromatic heterocycles. The summed E-state index contributed by atoms with van der Waals surface area (Å²) in [5, 5.41) is 40.1. The Hall–Kier alpha value is -1.55. The molecule has 30 heavy (non-hydrogen) atoms. The second-order valence-electron chi connectivity index (χ2n) is 7.98. The van der Waals surface area contributed by atoms with E-state index in [0.717, 1.165) is 17.7 Å². The van der Waals surface area contributed by atoms with E-state index in [2.05, 4.69) is 6.07 Å². The Morgan fingerprint density at radius 2 is 1.87 bits per heavy atom. The molecule has 6 nitrogen and oxygen atoms in total. The highest BCUT2D eigenvalue weighted by atomic mass is 32.1. The Labute approximate surface area is 178 Å². The summed E-state index contributed by atoms with van der Waals surface area (Å²) in [6, 6.07) is 4.98. The maximum absolute atomic E-state index is 14.8. The molecule has 5 atom stereocenters. The van der Waals surface area contributed by atoms with E-state index in [1.807, 2.05) is 0 Å². The average molecular weight is 439 g/mol. The van der Waals surface area contributed by atoms with Gasteiger partial charge in [-0.2, -0.15) is 0 Å². The van der Waals surface area contributed by atoms with Crippen LogP contribution in [0.25, 0.3) is 0 Å². The van der Waals surface area contributed by atoms with E-state index in [-0.39, 0.29) is 5.75 Å². The number of aliphatic hydroxyl groups is 4. The van der Waals surface area contributed by atoms with E-state index >= 15 is 0 Å². The normalized spacial score (nSPS) is 28.9. The third kappa shape index (κ3) is 4.00. The maximum Gasteiger partial charge on any atom is 0.130 e. The van der Waals surface area contributed by atoms with Crippen molar-refractivity contribution in [2.75, 3.05) is 13.7 Å². The summed E-state index contributed by atoms with van der Waals surface area (Å²) < 4.78 is 25.8. The Balaban J connectivity index is 1.67. The van der Waals surface area contributed by atoms with Crippen LogP contribution in [0.2, 0.25) is 0 Å². The van der Waals surface area contributed by atoms with Crippen molar-refractivity contribution in [1.82, 2.24) is 0 Å². The minimum Gasteiger partial charge on any atom is -0.496 e. The summed E-state index contributed by atoms with van der Waals surface area (Å²) in [4.78, 5) is 2.45. The molecular formula is C22H27FO6S. The third-order valence-electron chi connectivity index (χ3n) is 6.01. The fourth-order valence-electron chi connectivity index (χ4n) is 4.34. The summed E-state index contributed by atoms with van der Waals surface area (Å²) in [6.07, 6.45) is -1.64. The van der Waals surface area contributed by atoms with Crippen molar-refractivity contribution >= 4 is 11.3 Å². The van der Waals surface area contributed by atoms with Crippen LogP contribution < -0.4 is 4.74 Å². The number of hydrogen-bond donors (Lipinski definition) is 4. The van der Waals surface area contributed by atoms with Crippen LogP contribution >= 0.6 is 11.3 Å². The molecule has 0 saturated carbocycles. The maximum atomic E-state index is 14.8. The topological polar surface area (TPSA) is 99.4 Å². The van der Waals surface area contributed by atoms with Crippen LogP contribution in [0.5, 0.6) is 5.75 Å². The number of aliphatic hydroxyl groups excluding tert-OH is 4. The molecule has 1 fully saturated rings. The molecule has 4 rings (SSSR count). The molecule has 1 aliphatic heterocycles. The number of halogens is 1. The van der Waals surface area contributed by atoms with Gasteiger partial charge in [0.2, 0.25) is 0 Å². The number of rotatable bonds is 5. The van der Waals surface area contributed by atoms with Gasteiger partial charge in [-0.25, -0.2) is 4.39 Å². The molecule has 0 amide bonds. The van der Waals surface area contributed by atoms with Crippen LogP contribution in [0.1, 0.15) is 45.4 Å². The van der Waals surface area contributed by atoms with Gasteiger partial charge < -0.3 is 29.9 Å². The zero-order chi connectivity index (χ0) is 21.4. The quantitative estimate of drug-likeness (QED) is 0.569. The molecule has 2 aliphatic rings. The van der Waals surface area contributed by atoms with Crippen molar-refractivity contribution in [1.29, 1.82) is 0 Å². The number of fused-ring (bicyclic) bond motifs is 1. The molecule has 0 radical (unpaired) electrons. The van der Waals surface area contributed by atoms with Gasteiger partial charge in [0.25, 0.3) is 0 Å². The highest BCUT2D eigenvalue weighted by molar-refractivity contribution is 7.12. The number of benzene rings is 1. The Bertz CT molecular complexity index is 874. The zero-order valence-corrected chi connectivity index (χ0v) is 17.6. The summed E-state index contributed by atoms with van der Waals surface area (Å²) >= 11 is 1.71. The van der Waals surface area contributed by atoms with Gasteiger partial charge in [-0.1, -0.05) is 0 Å². The Kier molecular flexibility index (Phi) is 6.43. The number of hydrogen-bond acceptors (Lipinski definition) is 7. The zero-order valence-electron chi connectivity index (χ0n) is 16.8. The first-order chi connectivity index (χ1) is 14.4. The fourth-order valence-corrected chi connectivity index (χ4v) is 5.62. The van der Waals surface area contributed by atoms with Gasteiger partial charge in [0.1, 0.15) is 42.1 Å². The second kappa shape index (κ2) is 8.90. The molecule has 4 N–H and O–H groups in total. The minimum absolute atomic E-state index is 0.172. The van der Waals surface area contributed by atoms with Crippen LogP contribution in [-0.2, 0) is 24.0 Å². The van der Waals surface area contributed by atoms with Gasteiger partial charge in [-0.05, 0) is 48.9 Å². The number of thiophene rings is 1. The Morgan fingerprint density at radius 1 is 1.10 bits per heavy atom. The van der Waals surface area contributed by atoms with E-state index in [4.69, 9.17) is 9.47 Å². The predicted octanol–water partition coefficient (Wildman–Crippen LogP) is 1.88. The summed E-state index contributed by atoms with van der Waals surface area (Å²) in [5.41, 5.74) is 2.15. The molecule has 0 unspecified atom stereocenters. The van der Waals surface area contributed by atoms with Crippen molar-refractivity contribution in [2.24, 2.45) is 0 Å². The molecule has 1 aliphatic carbocycles. The summed E-state index contributed by atoms with van der Waals surface area (Å²) in [7, 11) is 1.38. The lowest BCUT2D eigenvalue weighted by molar-refractivity contribution is -0.232. The molecule has 0 spiro atoms. The van der Waals surface area contributed by atoms with Gasteiger partial charge in [0, 0.05) is 27.8 Å². The van der Waals surface area contributed by atoms with Crippen LogP contribution in [0.15, 0.2) is 18.2 Å². The second-order valence-corrected chi connectivity index (χ2v) is 9.20. The smallest absolute Gasteiger partial charge is 0.130 e. The average Bonchev–Trinajstić information content (AvgIpc) is 3.16. The van der Waals surface area contributed by atoms with Gasteiger partial charge in [-0.3, -0.25) is 0 Å². The van der Waals surface area contributed by atoms with Gasteiger partial charge >= 0.3 is 0 Å². The van der Waals surface area contributed by atoms with Crippen LogP contribution in [-0.4, -0.2) is 58.6 Å². The van der Waals surface area contributed by atoms with Crippen molar-refractivity contribution in [3.63, 3.8) is 0 Å². The standard InChI is InChI=1S/C22H27FO6S/c1-28-16-9-15(23)12(7-13-6-11-4-2-3-5-18(11)30-13)8-14(16)22-21(27)20(26)19(25)17(10-24)29-22/h6,8-9,17,19-22,24-27H,2-5,7,10H2,1H3/t17-,19-,20+,21-,22+/m1/s1. The van der Waals surface area contributed by atoms with Gasteiger partial charge in [0.05, 0.1) is 13.7 Å². The van der Waals surface area contributed by atoms with Crippen molar-refractivity contribution in [2.45, 2.75) is 62.6 Å². The van der Waals surface area contributed by atoms with Gasteiger partial charge in [-0.15, -0.1) is 11.3 Å². The van der Waals surface area contributed by atoms with E-state index < -0.39 is 42.9 Å². The summed E-state index contributed by atoms with van der Waals surface area (Å²) in [6.45, 7) is -0.529. The third-order valence-corrected chi connectivity index (χ3v) is 7.25. The molecular weight excluding hydrogens is 411 g/mol. The monoisotopic (exact) mass is 438 g/mol. The van der Waals surface area contributed by atoms with Crippen molar-refractivity contribution in [3.05, 3.63) is 50.5 Å². The highest BCUT2D eigenvalue weighted by Gasteiger charge is 2.45. The van der Waals surface area contributed by atoms with E-state index in [9.17, 15) is 24.8 Å². The van der Waals surface area contributed by atoms with Crippen molar-refractivity contribution in [3.8, 4) is 5.75 Å². The molecule has 8 heteroatoms. The lowest BCUT2D eigenvalue weighted by Gasteiger charge is -2.40. The molecule has 1 saturated heterocycles.